The minimum atomic E-state index is -2.83. The topological polar surface area (TPSA) is 17.1 Å². The van der Waals surface area contributed by atoms with Crippen molar-refractivity contribution in [2.75, 3.05) is 0 Å². The molecule has 0 spiro atoms. The van der Waals surface area contributed by atoms with Crippen LogP contribution in [0, 0.1) is 0 Å². The summed E-state index contributed by atoms with van der Waals surface area (Å²) in [5.74, 6) is -0.970. The lowest BCUT2D eigenvalue weighted by molar-refractivity contribution is -0.125. The Morgan fingerprint density at radius 3 is 2.62 bits per heavy atom. The lowest BCUT2D eigenvalue weighted by atomic mass is 9.97. The van der Waals surface area contributed by atoms with Crippen molar-refractivity contribution in [1.29, 1.82) is 0 Å². The fourth-order valence-electron chi connectivity index (χ4n) is 1.56. The van der Waals surface area contributed by atoms with E-state index in [2.05, 4.69) is 0 Å². The number of allylic oxidation sites excluding steroid dienone is 2. The molecule has 1 nitrogen and oxygen atoms in total. The SMILES string of the molecule is O=C(C1=CCCCCCC1)C(F)F. The third kappa shape index (κ3) is 3.25. The summed E-state index contributed by atoms with van der Waals surface area (Å²) in [5.41, 5.74) is 0.342. The highest BCUT2D eigenvalue weighted by molar-refractivity contribution is 5.97. The van der Waals surface area contributed by atoms with Crippen molar-refractivity contribution in [3.05, 3.63) is 11.6 Å². The molecule has 1 aliphatic carbocycles. The quantitative estimate of drug-likeness (QED) is 0.650. The van der Waals surface area contributed by atoms with Crippen LogP contribution in [-0.4, -0.2) is 12.2 Å². The van der Waals surface area contributed by atoms with Crippen molar-refractivity contribution in [3.8, 4) is 0 Å². The minimum Gasteiger partial charge on any atom is -0.288 e. The van der Waals surface area contributed by atoms with Crippen molar-refractivity contribution >= 4 is 5.78 Å². The average Bonchev–Trinajstić information content (AvgIpc) is 2.02. The van der Waals surface area contributed by atoms with Gasteiger partial charge in [-0.15, -0.1) is 0 Å². The summed E-state index contributed by atoms with van der Waals surface area (Å²) in [4.78, 5) is 10.9. The number of alkyl halides is 2. The number of Topliss-reactive ketones (excluding diaryl/α,β-unsaturated/α-hetero) is 1. The third-order valence-corrected chi connectivity index (χ3v) is 2.31. The van der Waals surface area contributed by atoms with Crippen LogP contribution in [0.2, 0.25) is 0 Å². The first-order chi connectivity index (χ1) is 6.22. The van der Waals surface area contributed by atoms with Gasteiger partial charge >= 0.3 is 0 Å². The van der Waals surface area contributed by atoms with Crippen LogP contribution >= 0.6 is 0 Å². The Hall–Kier alpha value is -0.730. The Morgan fingerprint density at radius 1 is 1.23 bits per heavy atom. The number of ketones is 1. The Balaban J connectivity index is 2.59. The van der Waals surface area contributed by atoms with E-state index in [1.54, 1.807) is 6.08 Å². The van der Waals surface area contributed by atoms with Crippen LogP contribution in [0.25, 0.3) is 0 Å². The normalized spacial score (nSPS) is 19.2. The molecule has 0 saturated heterocycles. The second-order valence-corrected chi connectivity index (χ2v) is 3.35. The van der Waals surface area contributed by atoms with Crippen LogP contribution in [0.1, 0.15) is 38.5 Å². The number of hydrogen-bond acceptors (Lipinski definition) is 1. The summed E-state index contributed by atoms with van der Waals surface area (Å²) in [6, 6.07) is 0. The van der Waals surface area contributed by atoms with Crippen LogP contribution in [0.3, 0.4) is 0 Å². The molecule has 0 heterocycles. The van der Waals surface area contributed by atoms with Gasteiger partial charge in [-0.25, -0.2) is 8.78 Å². The number of carbonyl (C=O) groups excluding carboxylic acids is 1. The molecule has 1 aliphatic rings. The predicted octanol–water partition coefficient (Wildman–Crippen LogP) is 3.10. The zero-order chi connectivity index (χ0) is 9.68. The number of hydrogen-bond donors (Lipinski definition) is 0. The van der Waals surface area contributed by atoms with Crippen LogP contribution in [-0.2, 0) is 4.79 Å². The van der Waals surface area contributed by atoms with E-state index >= 15 is 0 Å². The van der Waals surface area contributed by atoms with E-state index in [1.807, 2.05) is 0 Å². The fourth-order valence-corrected chi connectivity index (χ4v) is 1.56. The highest BCUT2D eigenvalue weighted by Gasteiger charge is 2.20. The molecule has 0 amide bonds. The fraction of sp³-hybridized carbons (Fsp3) is 0.700. The molecule has 0 bridgehead atoms. The summed E-state index contributed by atoms with van der Waals surface area (Å²) in [5, 5.41) is 0. The largest absolute Gasteiger partial charge is 0.300 e. The zero-order valence-corrected chi connectivity index (χ0v) is 7.56. The zero-order valence-electron chi connectivity index (χ0n) is 7.56. The summed E-state index contributed by atoms with van der Waals surface area (Å²) in [7, 11) is 0. The first kappa shape index (κ1) is 10.4. The molecule has 1 rings (SSSR count). The standard InChI is InChI=1S/C10H14F2O/c11-10(12)9(13)8-6-4-2-1-3-5-7-8/h6,10H,1-5,7H2. The van der Waals surface area contributed by atoms with E-state index in [-0.39, 0.29) is 0 Å². The van der Waals surface area contributed by atoms with Gasteiger partial charge in [-0.1, -0.05) is 18.9 Å². The maximum atomic E-state index is 12.1. The Kier molecular flexibility index (Phi) is 4.06. The van der Waals surface area contributed by atoms with Gasteiger partial charge in [-0.3, -0.25) is 4.79 Å². The Bertz CT molecular complexity index is 209. The molecule has 0 atom stereocenters. The summed E-state index contributed by atoms with van der Waals surface area (Å²) in [6.45, 7) is 0. The van der Waals surface area contributed by atoms with Crippen LogP contribution < -0.4 is 0 Å². The monoisotopic (exact) mass is 188 g/mol. The van der Waals surface area contributed by atoms with Gasteiger partial charge in [0.05, 0.1) is 0 Å². The van der Waals surface area contributed by atoms with Crippen molar-refractivity contribution in [3.63, 3.8) is 0 Å². The van der Waals surface area contributed by atoms with E-state index in [0.717, 1.165) is 32.1 Å². The number of halogens is 2. The maximum Gasteiger partial charge on any atom is 0.300 e. The molecular weight excluding hydrogens is 174 g/mol. The van der Waals surface area contributed by atoms with Crippen molar-refractivity contribution < 1.29 is 13.6 Å². The first-order valence-electron chi connectivity index (χ1n) is 4.73. The molecule has 0 aromatic rings. The number of rotatable bonds is 2. The highest BCUT2D eigenvalue weighted by atomic mass is 19.3. The second kappa shape index (κ2) is 5.10. The van der Waals surface area contributed by atoms with Crippen LogP contribution in [0.5, 0.6) is 0 Å². The van der Waals surface area contributed by atoms with Gasteiger partial charge in [0.2, 0.25) is 5.78 Å². The molecular formula is C10H14F2O. The molecule has 0 unspecified atom stereocenters. The summed E-state index contributed by atoms with van der Waals surface area (Å²) < 4.78 is 24.1. The molecule has 0 radical (unpaired) electrons. The molecule has 74 valence electrons. The summed E-state index contributed by atoms with van der Waals surface area (Å²) in [6.07, 6.45) is 4.24. The molecule has 0 aromatic heterocycles. The van der Waals surface area contributed by atoms with E-state index in [1.165, 1.54) is 0 Å². The van der Waals surface area contributed by atoms with E-state index in [4.69, 9.17) is 0 Å². The minimum absolute atomic E-state index is 0.342. The second-order valence-electron chi connectivity index (χ2n) is 3.35. The van der Waals surface area contributed by atoms with Gasteiger partial charge in [0.1, 0.15) is 0 Å². The Labute approximate surface area is 76.8 Å². The van der Waals surface area contributed by atoms with E-state index in [9.17, 15) is 13.6 Å². The molecule has 0 fully saturated rings. The maximum absolute atomic E-state index is 12.1. The van der Waals surface area contributed by atoms with Gasteiger partial charge in [-0.05, 0) is 31.3 Å². The predicted molar refractivity (Wildman–Crippen MR) is 46.8 cm³/mol. The molecule has 13 heavy (non-hydrogen) atoms. The molecule has 0 aromatic carbocycles. The van der Waals surface area contributed by atoms with Gasteiger partial charge in [-0.2, -0.15) is 0 Å². The van der Waals surface area contributed by atoms with Crippen molar-refractivity contribution in [2.45, 2.75) is 45.0 Å². The van der Waals surface area contributed by atoms with Crippen molar-refractivity contribution in [2.24, 2.45) is 0 Å². The highest BCUT2D eigenvalue weighted by Crippen LogP contribution is 2.19. The Morgan fingerprint density at radius 2 is 1.92 bits per heavy atom. The van der Waals surface area contributed by atoms with E-state index in [0.29, 0.717) is 12.0 Å². The van der Waals surface area contributed by atoms with Crippen molar-refractivity contribution in [1.82, 2.24) is 0 Å². The van der Waals surface area contributed by atoms with Gasteiger partial charge < -0.3 is 0 Å². The van der Waals surface area contributed by atoms with Gasteiger partial charge in [0.15, 0.2) is 0 Å². The molecule has 3 heteroatoms. The van der Waals surface area contributed by atoms with Crippen LogP contribution in [0.4, 0.5) is 8.78 Å². The summed E-state index contributed by atoms with van der Waals surface area (Å²) >= 11 is 0. The third-order valence-electron chi connectivity index (χ3n) is 2.31. The van der Waals surface area contributed by atoms with Gasteiger partial charge in [0.25, 0.3) is 6.43 Å². The van der Waals surface area contributed by atoms with E-state index < -0.39 is 12.2 Å². The number of carbonyl (C=O) groups is 1. The first-order valence-corrected chi connectivity index (χ1v) is 4.73. The lowest BCUT2D eigenvalue weighted by Gasteiger charge is -2.09. The molecule has 0 saturated carbocycles. The van der Waals surface area contributed by atoms with Gasteiger partial charge in [0, 0.05) is 0 Å². The smallest absolute Gasteiger partial charge is 0.288 e. The van der Waals surface area contributed by atoms with Crippen LogP contribution in [0.15, 0.2) is 11.6 Å². The molecule has 0 aliphatic heterocycles. The lowest BCUT2D eigenvalue weighted by Crippen LogP contribution is -2.13. The average molecular weight is 188 g/mol. The molecule has 0 N–H and O–H groups in total.